The molecule has 6 heteroatoms. The summed E-state index contributed by atoms with van der Waals surface area (Å²) in [5.74, 6) is 0.473. The first-order valence-electron chi connectivity index (χ1n) is 10.7. The van der Waals surface area contributed by atoms with Crippen molar-refractivity contribution in [2.45, 2.75) is 31.3 Å². The van der Waals surface area contributed by atoms with Gasteiger partial charge in [-0.3, -0.25) is 9.59 Å². The molecule has 0 unspecified atom stereocenters. The Kier molecular flexibility index (Phi) is 7.18. The van der Waals surface area contributed by atoms with Crippen LogP contribution in [0.5, 0.6) is 0 Å². The van der Waals surface area contributed by atoms with Crippen molar-refractivity contribution in [3.63, 3.8) is 0 Å². The molecule has 4 nitrogen and oxygen atoms in total. The molecule has 0 radical (unpaired) electrons. The highest BCUT2D eigenvalue weighted by Crippen LogP contribution is 2.39. The van der Waals surface area contributed by atoms with E-state index in [0.717, 1.165) is 23.1 Å². The lowest BCUT2D eigenvalue weighted by atomic mass is 10.0. The van der Waals surface area contributed by atoms with Gasteiger partial charge in [0.1, 0.15) is 5.37 Å². The molecule has 1 aliphatic heterocycles. The molecule has 1 heterocycles. The van der Waals surface area contributed by atoms with E-state index in [1.54, 1.807) is 11.8 Å². The Balaban J connectivity index is 1.45. The van der Waals surface area contributed by atoms with Crippen LogP contribution in [0.2, 0.25) is 5.02 Å². The second-order valence-corrected chi connectivity index (χ2v) is 9.28. The molecule has 4 rings (SSSR count). The van der Waals surface area contributed by atoms with Crippen molar-refractivity contribution < 1.29 is 9.59 Å². The quantitative estimate of drug-likeness (QED) is 0.466. The maximum atomic E-state index is 12.8. The van der Waals surface area contributed by atoms with Crippen LogP contribution >= 0.6 is 23.4 Å². The van der Waals surface area contributed by atoms with Crippen LogP contribution in [0.25, 0.3) is 0 Å². The van der Waals surface area contributed by atoms with Gasteiger partial charge in [0.2, 0.25) is 5.91 Å². The molecule has 0 aromatic heterocycles. The van der Waals surface area contributed by atoms with E-state index in [2.05, 4.69) is 12.2 Å². The molecule has 1 aliphatic rings. The van der Waals surface area contributed by atoms with Crippen LogP contribution in [-0.4, -0.2) is 22.5 Å². The van der Waals surface area contributed by atoms with Gasteiger partial charge in [-0.15, -0.1) is 11.8 Å². The van der Waals surface area contributed by atoms with Gasteiger partial charge in [0.15, 0.2) is 0 Å². The van der Waals surface area contributed by atoms with Gasteiger partial charge in [0.25, 0.3) is 5.91 Å². The van der Waals surface area contributed by atoms with Crippen molar-refractivity contribution >= 4 is 35.2 Å². The Morgan fingerprint density at radius 3 is 2.41 bits per heavy atom. The van der Waals surface area contributed by atoms with Crippen molar-refractivity contribution in [1.82, 2.24) is 10.2 Å². The van der Waals surface area contributed by atoms with Crippen molar-refractivity contribution in [3.8, 4) is 0 Å². The van der Waals surface area contributed by atoms with Crippen LogP contribution in [0.15, 0.2) is 78.9 Å². The number of hydrogen-bond acceptors (Lipinski definition) is 3. The highest BCUT2D eigenvalue weighted by atomic mass is 35.5. The van der Waals surface area contributed by atoms with Crippen molar-refractivity contribution in [3.05, 3.63) is 106 Å². The monoisotopic (exact) mass is 464 g/mol. The predicted octanol–water partition coefficient (Wildman–Crippen LogP) is 6.00. The zero-order valence-electron chi connectivity index (χ0n) is 17.8. The highest BCUT2D eigenvalue weighted by molar-refractivity contribution is 8.00. The third kappa shape index (κ3) is 5.17. The first kappa shape index (κ1) is 22.4. The van der Waals surface area contributed by atoms with Crippen LogP contribution in [0.4, 0.5) is 0 Å². The molecule has 2 atom stereocenters. The average Bonchev–Trinajstić information content (AvgIpc) is 3.19. The summed E-state index contributed by atoms with van der Waals surface area (Å²) >= 11 is 7.59. The minimum Gasteiger partial charge on any atom is -0.345 e. The van der Waals surface area contributed by atoms with Crippen molar-refractivity contribution in [1.29, 1.82) is 0 Å². The molecule has 1 saturated heterocycles. The topological polar surface area (TPSA) is 49.4 Å². The molecule has 0 bridgehead atoms. The van der Waals surface area contributed by atoms with Crippen LogP contribution in [0.3, 0.4) is 0 Å². The summed E-state index contributed by atoms with van der Waals surface area (Å²) < 4.78 is 0. The van der Waals surface area contributed by atoms with E-state index in [1.807, 2.05) is 83.8 Å². The first-order chi connectivity index (χ1) is 15.5. The molecule has 0 spiro atoms. The number of carbonyl (C=O) groups is 2. The summed E-state index contributed by atoms with van der Waals surface area (Å²) in [6.07, 6.45) is 0.814. The molecular weight excluding hydrogens is 440 g/mol. The first-order valence-corrected chi connectivity index (χ1v) is 12.1. The molecule has 164 valence electrons. The predicted molar refractivity (Wildman–Crippen MR) is 131 cm³/mol. The second kappa shape index (κ2) is 10.2. The fourth-order valence-corrected chi connectivity index (χ4v) is 5.15. The number of rotatable bonds is 7. The van der Waals surface area contributed by atoms with Gasteiger partial charge < -0.3 is 10.2 Å². The van der Waals surface area contributed by atoms with Gasteiger partial charge in [-0.2, -0.15) is 0 Å². The van der Waals surface area contributed by atoms with Gasteiger partial charge in [-0.05, 0) is 47.4 Å². The minimum atomic E-state index is -0.0968. The number of benzene rings is 3. The van der Waals surface area contributed by atoms with Crippen LogP contribution in [-0.2, 0) is 11.3 Å². The number of carbonyl (C=O) groups excluding carboxylic acids is 2. The lowest BCUT2D eigenvalue weighted by Gasteiger charge is -2.24. The molecule has 1 N–H and O–H groups in total. The van der Waals surface area contributed by atoms with Gasteiger partial charge >= 0.3 is 0 Å². The highest BCUT2D eigenvalue weighted by Gasteiger charge is 2.32. The Hall–Kier alpha value is -2.76. The molecule has 0 saturated carbocycles. The van der Waals surface area contributed by atoms with E-state index < -0.39 is 0 Å². The zero-order valence-corrected chi connectivity index (χ0v) is 19.4. The zero-order chi connectivity index (χ0) is 22.5. The van der Waals surface area contributed by atoms with E-state index in [9.17, 15) is 9.59 Å². The van der Waals surface area contributed by atoms with Gasteiger partial charge in [-0.1, -0.05) is 73.1 Å². The number of thioether (sulfide) groups is 1. The van der Waals surface area contributed by atoms with Gasteiger partial charge in [0.05, 0.1) is 11.8 Å². The van der Waals surface area contributed by atoms with E-state index in [4.69, 9.17) is 11.6 Å². The standard InChI is InChI=1S/C26H25ClN2O2S/c1-2-23(19-6-4-3-5-7-19)28-25(31)20-10-12-21(13-11-20)26-29(24(30)17-32-26)16-18-8-14-22(27)15-9-18/h3-15,23,26H,2,16-17H2,1H3,(H,28,31)/t23-,26-/m1/s1. The fourth-order valence-electron chi connectivity index (χ4n) is 3.83. The Morgan fingerprint density at radius 1 is 1.06 bits per heavy atom. The number of hydrogen-bond donors (Lipinski definition) is 1. The third-order valence-corrected chi connectivity index (χ3v) is 7.12. The lowest BCUT2D eigenvalue weighted by molar-refractivity contribution is -0.128. The molecule has 1 fully saturated rings. The molecule has 32 heavy (non-hydrogen) atoms. The number of halogens is 1. The van der Waals surface area contributed by atoms with Crippen LogP contribution in [0.1, 0.15) is 51.8 Å². The SMILES string of the molecule is CC[C@@H](NC(=O)c1ccc([C@H]2SCC(=O)N2Cc2ccc(Cl)cc2)cc1)c1ccccc1. The number of nitrogens with one attached hydrogen (secondary N) is 1. The second-order valence-electron chi connectivity index (χ2n) is 7.78. The summed E-state index contributed by atoms with van der Waals surface area (Å²) in [6, 6.07) is 25.1. The van der Waals surface area contributed by atoms with E-state index in [1.165, 1.54) is 0 Å². The van der Waals surface area contributed by atoms with E-state index in [0.29, 0.717) is 22.9 Å². The summed E-state index contributed by atoms with van der Waals surface area (Å²) in [5, 5.41) is 3.73. The molecule has 2 amide bonds. The molecule has 0 aliphatic carbocycles. The largest absolute Gasteiger partial charge is 0.345 e. The maximum absolute atomic E-state index is 12.8. The van der Waals surface area contributed by atoms with Crippen LogP contribution in [0, 0.1) is 0 Å². The Morgan fingerprint density at radius 2 is 1.75 bits per heavy atom. The molecular formula is C26H25ClN2O2S. The summed E-state index contributed by atoms with van der Waals surface area (Å²) in [6.45, 7) is 2.59. The summed E-state index contributed by atoms with van der Waals surface area (Å²) in [5.41, 5.74) is 3.76. The third-order valence-electron chi connectivity index (χ3n) is 5.61. The number of nitrogens with zero attached hydrogens (tertiary/aromatic N) is 1. The van der Waals surface area contributed by atoms with Gasteiger partial charge in [0, 0.05) is 17.1 Å². The van der Waals surface area contributed by atoms with Crippen LogP contribution < -0.4 is 5.32 Å². The smallest absolute Gasteiger partial charge is 0.251 e. The van der Waals surface area contributed by atoms with E-state index in [-0.39, 0.29) is 23.2 Å². The molecule has 3 aromatic carbocycles. The summed E-state index contributed by atoms with van der Waals surface area (Å²) in [4.78, 5) is 27.2. The van der Waals surface area contributed by atoms with Crippen molar-refractivity contribution in [2.24, 2.45) is 0 Å². The van der Waals surface area contributed by atoms with Gasteiger partial charge in [-0.25, -0.2) is 0 Å². The lowest BCUT2D eigenvalue weighted by Crippen LogP contribution is -2.28. The fraction of sp³-hybridized carbons (Fsp3) is 0.231. The van der Waals surface area contributed by atoms with E-state index >= 15 is 0 Å². The number of amides is 2. The normalized spacial score (nSPS) is 16.8. The Bertz CT molecular complexity index is 1070. The summed E-state index contributed by atoms with van der Waals surface area (Å²) in [7, 11) is 0. The minimum absolute atomic E-state index is 0.0266. The average molecular weight is 465 g/mol. The van der Waals surface area contributed by atoms with Crippen molar-refractivity contribution in [2.75, 3.05) is 5.75 Å². The molecule has 3 aromatic rings. The Labute approximate surface area is 198 Å². The maximum Gasteiger partial charge on any atom is 0.251 e.